The lowest BCUT2D eigenvalue weighted by molar-refractivity contribution is 0.691. The molecule has 0 aliphatic rings. The van der Waals surface area contributed by atoms with Crippen LogP contribution < -0.4 is 5.32 Å². The Labute approximate surface area is 111 Å². The molecular weight excluding hydrogens is 274 g/mol. The van der Waals surface area contributed by atoms with E-state index in [0.29, 0.717) is 6.04 Å². The highest BCUT2D eigenvalue weighted by Gasteiger charge is 2.06. The zero-order valence-corrected chi connectivity index (χ0v) is 11.9. The molecule has 0 heterocycles. The normalized spacial score (nSPS) is 12.6. The van der Waals surface area contributed by atoms with E-state index in [1.165, 1.54) is 29.3 Å². The molecule has 0 radical (unpaired) electrons. The molecule has 0 fully saturated rings. The molecule has 0 saturated heterocycles. The Kier molecular flexibility index (Phi) is 4.06. The van der Waals surface area contributed by atoms with Gasteiger partial charge in [0.2, 0.25) is 0 Å². The van der Waals surface area contributed by atoms with Crippen molar-refractivity contribution in [1.29, 1.82) is 0 Å². The summed E-state index contributed by atoms with van der Waals surface area (Å²) in [7, 11) is 0. The number of fused-ring (bicyclic) bond motifs is 1. The fourth-order valence-corrected chi connectivity index (χ4v) is 2.64. The van der Waals surface area contributed by atoms with E-state index in [4.69, 9.17) is 0 Å². The van der Waals surface area contributed by atoms with Crippen LogP contribution in [-0.2, 0) is 0 Å². The monoisotopic (exact) mass is 291 g/mol. The zero-order valence-electron chi connectivity index (χ0n) is 10.3. The summed E-state index contributed by atoms with van der Waals surface area (Å²) in [6.07, 6.45) is 2.41. The van der Waals surface area contributed by atoms with Crippen molar-refractivity contribution in [3.8, 4) is 0 Å². The van der Waals surface area contributed by atoms with Crippen LogP contribution in [0.3, 0.4) is 0 Å². The second-order valence-corrected chi connectivity index (χ2v) is 5.33. The number of nitrogens with one attached hydrogen (secondary N) is 1. The Morgan fingerprint density at radius 3 is 2.53 bits per heavy atom. The van der Waals surface area contributed by atoms with E-state index in [-0.39, 0.29) is 0 Å². The molecule has 17 heavy (non-hydrogen) atoms. The van der Waals surface area contributed by atoms with Gasteiger partial charge in [0, 0.05) is 21.6 Å². The lowest BCUT2D eigenvalue weighted by Crippen LogP contribution is -2.14. The SMILES string of the molecule is CCCC(C)Nc1ccc(Br)c2ccccc12. The summed E-state index contributed by atoms with van der Waals surface area (Å²) in [5.41, 5.74) is 1.23. The van der Waals surface area contributed by atoms with E-state index < -0.39 is 0 Å². The molecule has 0 aliphatic heterocycles. The highest BCUT2D eigenvalue weighted by molar-refractivity contribution is 9.10. The van der Waals surface area contributed by atoms with Gasteiger partial charge < -0.3 is 5.32 Å². The molecule has 1 N–H and O–H groups in total. The molecule has 0 amide bonds. The lowest BCUT2D eigenvalue weighted by Gasteiger charge is -2.16. The fraction of sp³-hybridized carbons (Fsp3) is 0.333. The Bertz CT molecular complexity index is 507. The second-order valence-electron chi connectivity index (χ2n) is 4.47. The second kappa shape index (κ2) is 5.54. The summed E-state index contributed by atoms with van der Waals surface area (Å²) in [5.74, 6) is 0. The Balaban J connectivity index is 2.38. The van der Waals surface area contributed by atoms with E-state index in [9.17, 15) is 0 Å². The van der Waals surface area contributed by atoms with Gasteiger partial charge in [-0.2, -0.15) is 0 Å². The lowest BCUT2D eigenvalue weighted by atomic mass is 10.1. The standard InChI is InChI=1S/C15H18BrN/c1-3-6-11(2)17-15-10-9-14(16)12-7-4-5-8-13(12)15/h4-5,7-11,17H,3,6H2,1-2H3. The van der Waals surface area contributed by atoms with Gasteiger partial charge in [-0.25, -0.2) is 0 Å². The molecule has 1 unspecified atom stereocenters. The van der Waals surface area contributed by atoms with Gasteiger partial charge in [-0.15, -0.1) is 0 Å². The van der Waals surface area contributed by atoms with Crippen molar-refractivity contribution in [3.63, 3.8) is 0 Å². The quantitative estimate of drug-likeness (QED) is 0.816. The summed E-state index contributed by atoms with van der Waals surface area (Å²) < 4.78 is 1.15. The minimum Gasteiger partial charge on any atom is -0.382 e. The van der Waals surface area contributed by atoms with Crippen molar-refractivity contribution in [1.82, 2.24) is 0 Å². The topological polar surface area (TPSA) is 12.0 Å². The number of anilines is 1. The Morgan fingerprint density at radius 2 is 1.82 bits per heavy atom. The van der Waals surface area contributed by atoms with Gasteiger partial charge in [-0.3, -0.25) is 0 Å². The highest BCUT2D eigenvalue weighted by Crippen LogP contribution is 2.30. The van der Waals surface area contributed by atoms with Gasteiger partial charge in [0.05, 0.1) is 0 Å². The summed E-state index contributed by atoms with van der Waals surface area (Å²) in [6.45, 7) is 4.46. The van der Waals surface area contributed by atoms with E-state index >= 15 is 0 Å². The van der Waals surface area contributed by atoms with E-state index in [1.54, 1.807) is 0 Å². The van der Waals surface area contributed by atoms with Crippen LogP contribution in [0.5, 0.6) is 0 Å². The van der Waals surface area contributed by atoms with Gasteiger partial charge >= 0.3 is 0 Å². The number of rotatable bonds is 4. The maximum absolute atomic E-state index is 3.60. The molecule has 0 aromatic heterocycles. The van der Waals surface area contributed by atoms with Crippen molar-refractivity contribution in [2.45, 2.75) is 32.7 Å². The van der Waals surface area contributed by atoms with Crippen LogP contribution in [0.4, 0.5) is 5.69 Å². The van der Waals surface area contributed by atoms with Gasteiger partial charge in [-0.05, 0) is 30.9 Å². The molecule has 0 aliphatic carbocycles. The van der Waals surface area contributed by atoms with Gasteiger partial charge in [-0.1, -0.05) is 53.5 Å². The Hall–Kier alpha value is -1.02. The molecule has 1 atom stereocenters. The number of benzene rings is 2. The molecule has 2 aromatic rings. The third kappa shape index (κ3) is 2.81. The maximum Gasteiger partial charge on any atom is 0.0422 e. The van der Waals surface area contributed by atoms with Crippen LogP contribution in [0.25, 0.3) is 10.8 Å². The van der Waals surface area contributed by atoms with Crippen LogP contribution in [0.1, 0.15) is 26.7 Å². The van der Waals surface area contributed by atoms with E-state index in [0.717, 1.165) is 4.47 Å². The highest BCUT2D eigenvalue weighted by atomic mass is 79.9. The van der Waals surface area contributed by atoms with E-state index in [2.05, 4.69) is 71.5 Å². The summed E-state index contributed by atoms with van der Waals surface area (Å²) in [4.78, 5) is 0. The molecule has 1 nitrogen and oxygen atoms in total. The molecule has 2 aromatic carbocycles. The first-order valence-electron chi connectivity index (χ1n) is 6.16. The Morgan fingerprint density at radius 1 is 1.12 bits per heavy atom. The maximum atomic E-state index is 3.60. The van der Waals surface area contributed by atoms with Crippen molar-refractivity contribution < 1.29 is 0 Å². The first kappa shape index (κ1) is 12.4. The van der Waals surface area contributed by atoms with Crippen molar-refractivity contribution in [2.75, 3.05) is 5.32 Å². The third-order valence-electron chi connectivity index (χ3n) is 2.99. The molecule has 0 saturated carbocycles. The van der Waals surface area contributed by atoms with Crippen LogP contribution >= 0.6 is 15.9 Å². The number of hydrogen-bond donors (Lipinski definition) is 1. The predicted molar refractivity (Wildman–Crippen MR) is 79.6 cm³/mol. The fourth-order valence-electron chi connectivity index (χ4n) is 2.16. The summed E-state index contributed by atoms with van der Waals surface area (Å²) >= 11 is 3.60. The van der Waals surface area contributed by atoms with E-state index in [1.807, 2.05) is 0 Å². The van der Waals surface area contributed by atoms with Gasteiger partial charge in [0.1, 0.15) is 0 Å². The van der Waals surface area contributed by atoms with Gasteiger partial charge in [0.25, 0.3) is 0 Å². The smallest absolute Gasteiger partial charge is 0.0422 e. The van der Waals surface area contributed by atoms with Crippen molar-refractivity contribution in [2.24, 2.45) is 0 Å². The minimum absolute atomic E-state index is 0.518. The van der Waals surface area contributed by atoms with Crippen molar-refractivity contribution >= 4 is 32.4 Å². The summed E-state index contributed by atoms with van der Waals surface area (Å²) in [5, 5.41) is 6.14. The molecule has 90 valence electrons. The number of halogens is 1. The van der Waals surface area contributed by atoms with Crippen LogP contribution in [0.2, 0.25) is 0 Å². The molecule has 2 heteroatoms. The minimum atomic E-state index is 0.518. The zero-order chi connectivity index (χ0) is 12.3. The van der Waals surface area contributed by atoms with Crippen LogP contribution in [0, 0.1) is 0 Å². The third-order valence-corrected chi connectivity index (χ3v) is 3.69. The predicted octanol–water partition coefficient (Wildman–Crippen LogP) is 5.20. The number of hydrogen-bond acceptors (Lipinski definition) is 1. The molecule has 0 bridgehead atoms. The molecule has 0 spiro atoms. The first-order valence-corrected chi connectivity index (χ1v) is 6.95. The average molecular weight is 292 g/mol. The van der Waals surface area contributed by atoms with Gasteiger partial charge in [0.15, 0.2) is 0 Å². The average Bonchev–Trinajstić information content (AvgIpc) is 2.34. The van der Waals surface area contributed by atoms with Crippen LogP contribution in [0.15, 0.2) is 40.9 Å². The molecule has 2 rings (SSSR count). The largest absolute Gasteiger partial charge is 0.382 e. The summed E-state index contributed by atoms with van der Waals surface area (Å²) in [6, 6.07) is 13.3. The van der Waals surface area contributed by atoms with Crippen molar-refractivity contribution in [3.05, 3.63) is 40.9 Å². The first-order chi connectivity index (χ1) is 8.22. The molecular formula is C15H18BrN. The van der Waals surface area contributed by atoms with Crippen LogP contribution in [-0.4, -0.2) is 6.04 Å².